The summed E-state index contributed by atoms with van der Waals surface area (Å²) in [5.41, 5.74) is 2.32. The molecule has 0 bridgehead atoms. The second kappa shape index (κ2) is 8.25. The van der Waals surface area contributed by atoms with Crippen LogP contribution in [0.2, 0.25) is 0 Å². The highest BCUT2D eigenvalue weighted by atomic mass is 79.9. The Bertz CT molecular complexity index is 691. The van der Waals surface area contributed by atoms with E-state index in [0.717, 1.165) is 4.47 Å². The standard InChI is InChI=1S/C15H14BrN3O4/c16-12-7-11(8-17-9-12)14(20)18-5-6-23-13-3-1-10(2-4-13)15(21)19-22/h1-4,7-9,22H,5-6H2,(H,18,20)(H,19,21). The Labute approximate surface area is 140 Å². The van der Waals surface area contributed by atoms with E-state index in [0.29, 0.717) is 23.4 Å². The predicted octanol–water partition coefficient (Wildman–Crippen LogP) is 1.77. The molecule has 0 aliphatic heterocycles. The highest BCUT2D eigenvalue weighted by Gasteiger charge is 2.06. The molecule has 120 valence electrons. The summed E-state index contributed by atoms with van der Waals surface area (Å²) >= 11 is 3.25. The van der Waals surface area contributed by atoms with Crippen molar-refractivity contribution in [2.45, 2.75) is 0 Å². The van der Waals surface area contributed by atoms with Gasteiger partial charge in [0, 0.05) is 22.4 Å². The van der Waals surface area contributed by atoms with Crippen LogP contribution in [0, 0.1) is 0 Å². The van der Waals surface area contributed by atoms with Crippen LogP contribution in [0.4, 0.5) is 0 Å². The minimum Gasteiger partial charge on any atom is -0.492 e. The van der Waals surface area contributed by atoms with Gasteiger partial charge in [-0.15, -0.1) is 0 Å². The Kier molecular flexibility index (Phi) is 6.07. The molecule has 23 heavy (non-hydrogen) atoms. The van der Waals surface area contributed by atoms with Gasteiger partial charge >= 0.3 is 0 Å². The van der Waals surface area contributed by atoms with Crippen LogP contribution in [0.25, 0.3) is 0 Å². The predicted molar refractivity (Wildman–Crippen MR) is 85.5 cm³/mol. The Morgan fingerprint density at radius 2 is 1.87 bits per heavy atom. The molecule has 0 aliphatic carbocycles. The van der Waals surface area contributed by atoms with Gasteiger partial charge in [0.15, 0.2) is 0 Å². The topological polar surface area (TPSA) is 101 Å². The van der Waals surface area contributed by atoms with Gasteiger partial charge in [0.1, 0.15) is 12.4 Å². The fourth-order valence-electron chi connectivity index (χ4n) is 1.74. The minimum absolute atomic E-state index is 0.239. The number of aromatic nitrogens is 1. The van der Waals surface area contributed by atoms with Gasteiger partial charge in [0.2, 0.25) is 0 Å². The molecule has 0 aliphatic rings. The molecule has 0 radical (unpaired) electrons. The number of rotatable bonds is 6. The molecule has 2 aromatic rings. The van der Waals surface area contributed by atoms with E-state index in [2.05, 4.69) is 26.2 Å². The third kappa shape index (κ3) is 5.04. The van der Waals surface area contributed by atoms with E-state index < -0.39 is 5.91 Å². The van der Waals surface area contributed by atoms with E-state index in [1.165, 1.54) is 18.3 Å². The number of hydrogen-bond donors (Lipinski definition) is 3. The van der Waals surface area contributed by atoms with Crippen LogP contribution in [0.5, 0.6) is 5.75 Å². The summed E-state index contributed by atoms with van der Waals surface area (Å²) in [6.07, 6.45) is 3.08. The number of amides is 2. The zero-order valence-electron chi connectivity index (χ0n) is 12.0. The van der Waals surface area contributed by atoms with Crippen molar-refractivity contribution in [3.05, 3.63) is 58.3 Å². The summed E-state index contributed by atoms with van der Waals surface area (Å²) in [6.45, 7) is 0.600. The molecule has 3 N–H and O–H groups in total. The Morgan fingerprint density at radius 1 is 1.13 bits per heavy atom. The molecule has 2 rings (SSSR count). The quantitative estimate of drug-likeness (QED) is 0.403. The molecule has 1 aromatic carbocycles. The number of nitrogens with one attached hydrogen (secondary N) is 2. The van der Waals surface area contributed by atoms with Crippen LogP contribution in [-0.4, -0.2) is 35.2 Å². The first kappa shape index (κ1) is 16.9. The number of ether oxygens (including phenoxy) is 1. The minimum atomic E-state index is -0.591. The van der Waals surface area contributed by atoms with Crippen LogP contribution in [0.3, 0.4) is 0 Å². The summed E-state index contributed by atoms with van der Waals surface area (Å²) in [6, 6.07) is 7.92. The molecule has 8 heteroatoms. The van der Waals surface area contributed by atoms with Crippen LogP contribution in [-0.2, 0) is 0 Å². The first-order valence-corrected chi connectivity index (χ1v) is 7.45. The van der Waals surface area contributed by atoms with Crippen LogP contribution in [0.1, 0.15) is 20.7 Å². The van der Waals surface area contributed by atoms with Crippen molar-refractivity contribution in [1.82, 2.24) is 15.8 Å². The van der Waals surface area contributed by atoms with Gasteiger partial charge in [0.25, 0.3) is 11.8 Å². The normalized spacial score (nSPS) is 10.0. The van der Waals surface area contributed by atoms with E-state index in [1.807, 2.05) is 0 Å². The highest BCUT2D eigenvalue weighted by molar-refractivity contribution is 9.10. The van der Waals surface area contributed by atoms with E-state index in [9.17, 15) is 9.59 Å². The molecule has 0 saturated carbocycles. The van der Waals surface area contributed by atoms with Crippen molar-refractivity contribution in [3.8, 4) is 5.75 Å². The summed E-state index contributed by atoms with van der Waals surface area (Å²) < 4.78 is 6.18. The van der Waals surface area contributed by atoms with Crippen molar-refractivity contribution < 1.29 is 19.5 Å². The van der Waals surface area contributed by atoms with Gasteiger partial charge in [-0.25, -0.2) is 5.48 Å². The largest absolute Gasteiger partial charge is 0.492 e. The van der Waals surface area contributed by atoms with Gasteiger partial charge in [-0.3, -0.25) is 19.8 Å². The number of hydrogen-bond acceptors (Lipinski definition) is 5. The van der Waals surface area contributed by atoms with Crippen LogP contribution >= 0.6 is 15.9 Å². The first-order valence-electron chi connectivity index (χ1n) is 6.66. The van der Waals surface area contributed by atoms with E-state index >= 15 is 0 Å². The molecular formula is C15H14BrN3O4. The monoisotopic (exact) mass is 379 g/mol. The van der Waals surface area contributed by atoms with Crippen molar-refractivity contribution in [2.75, 3.05) is 13.2 Å². The summed E-state index contributed by atoms with van der Waals surface area (Å²) in [4.78, 5) is 26.9. The molecule has 1 aromatic heterocycles. The van der Waals surface area contributed by atoms with E-state index in [1.54, 1.807) is 29.9 Å². The smallest absolute Gasteiger partial charge is 0.274 e. The highest BCUT2D eigenvalue weighted by Crippen LogP contribution is 2.12. The lowest BCUT2D eigenvalue weighted by molar-refractivity contribution is 0.0706. The third-order valence-electron chi connectivity index (χ3n) is 2.84. The molecule has 0 atom stereocenters. The molecule has 0 fully saturated rings. The Morgan fingerprint density at radius 3 is 2.52 bits per heavy atom. The number of carbonyl (C=O) groups is 2. The van der Waals surface area contributed by atoms with Gasteiger partial charge < -0.3 is 10.1 Å². The van der Waals surface area contributed by atoms with Crippen LogP contribution < -0.4 is 15.5 Å². The zero-order valence-corrected chi connectivity index (χ0v) is 13.5. The lowest BCUT2D eigenvalue weighted by atomic mass is 10.2. The fraction of sp³-hybridized carbons (Fsp3) is 0.133. The number of nitrogens with zero attached hydrogens (tertiary/aromatic N) is 1. The lowest BCUT2D eigenvalue weighted by Gasteiger charge is -2.08. The Hall–Kier alpha value is -2.45. The molecule has 1 heterocycles. The van der Waals surface area contributed by atoms with Crippen molar-refractivity contribution in [2.24, 2.45) is 0 Å². The zero-order chi connectivity index (χ0) is 16.7. The average Bonchev–Trinajstić information content (AvgIpc) is 2.58. The molecule has 0 saturated heterocycles. The van der Waals surface area contributed by atoms with Crippen LogP contribution in [0.15, 0.2) is 47.2 Å². The molecular weight excluding hydrogens is 366 g/mol. The van der Waals surface area contributed by atoms with Gasteiger partial charge in [0.05, 0.1) is 12.1 Å². The average molecular weight is 380 g/mol. The molecule has 7 nitrogen and oxygen atoms in total. The molecule has 0 spiro atoms. The maximum atomic E-state index is 11.9. The summed E-state index contributed by atoms with van der Waals surface area (Å²) in [5, 5.41) is 11.2. The summed E-state index contributed by atoms with van der Waals surface area (Å²) in [5.74, 6) is -0.276. The summed E-state index contributed by atoms with van der Waals surface area (Å²) in [7, 11) is 0. The van der Waals surface area contributed by atoms with Gasteiger partial charge in [-0.1, -0.05) is 0 Å². The van der Waals surface area contributed by atoms with E-state index in [-0.39, 0.29) is 12.5 Å². The maximum Gasteiger partial charge on any atom is 0.274 e. The maximum absolute atomic E-state index is 11.9. The number of pyridine rings is 1. The second-order valence-corrected chi connectivity index (χ2v) is 5.38. The van der Waals surface area contributed by atoms with Gasteiger partial charge in [-0.05, 0) is 46.3 Å². The number of halogens is 1. The third-order valence-corrected chi connectivity index (χ3v) is 3.28. The molecule has 2 amide bonds. The number of benzene rings is 1. The van der Waals surface area contributed by atoms with Crippen molar-refractivity contribution >= 4 is 27.7 Å². The van der Waals surface area contributed by atoms with Gasteiger partial charge in [-0.2, -0.15) is 0 Å². The number of carbonyl (C=O) groups excluding carboxylic acids is 2. The Balaban J connectivity index is 1.77. The fourth-order valence-corrected chi connectivity index (χ4v) is 2.10. The van der Waals surface area contributed by atoms with E-state index in [4.69, 9.17) is 9.94 Å². The number of hydroxylamine groups is 1. The second-order valence-electron chi connectivity index (χ2n) is 4.46. The van der Waals surface area contributed by atoms with Crippen molar-refractivity contribution in [3.63, 3.8) is 0 Å². The van der Waals surface area contributed by atoms with Crippen molar-refractivity contribution in [1.29, 1.82) is 0 Å². The SMILES string of the molecule is O=C(NO)c1ccc(OCCNC(=O)c2cncc(Br)c2)cc1. The first-order chi connectivity index (χ1) is 11.1. The lowest BCUT2D eigenvalue weighted by Crippen LogP contribution is -2.28. The molecule has 0 unspecified atom stereocenters.